The molecule has 5 rings (SSSR count). The van der Waals surface area contributed by atoms with Gasteiger partial charge in [0.05, 0.1) is 11.0 Å². The Balaban J connectivity index is 1.39. The Hall–Kier alpha value is -2.89. The largest absolute Gasteiger partial charge is 0.369 e. The molecule has 2 aliphatic rings. The SMILES string of the molecule is Nc1nc2cc(C(=O)N3C4CCC3CC(c3ccc(F)cc3)C4)ccc2[nH]1. The van der Waals surface area contributed by atoms with Gasteiger partial charge in [0, 0.05) is 17.6 Å². The number of carbonyl (C=O) groups excluding carboxylic acids is 1. The van der Waals surface area contributed by atoms with Crippen LogP contribution in [-0.4, -0.2) is 32.9 Å². The van der Waals surface area contributed by atoms with Crippen LogP contribution in [0.2, 0.25) is 0 Å². The molecule has 2 aromatic carbocycles. The van der Waals surface area contributed by atoms with Crippen molar-refractivity contribution in [2.75, 3.05) is 5.73 Å². The molecule has 0 spiro atoms. The summed E-state index contributed by atoms with van der Waals surface area (Å²) in [5, 5.41) is 0. The van der Waals surface area contributed by atoms with Crippen molar-refractivity contribution in [1.29, 1.82) is 0 Å². The average molecular weight is 364 g/mol. The molecule has 5 nitrogen and oxygen atoms in total. The summed E-state index contributed by atoms with van der Waals surface area (Å²) in [6.07, 6.45) is 3.94. The van der Waals surface area contributed by atoms with E-state index < -0.39 is 0 Å². The molecule has 2 unspecified atom stereocenters. The molecular formula is C21H21FN4O. The van der Waals surface area contributed by atoms with Gasteiger partial charge in [0.1, 0.15) is 5.82 Å². The van der Waals surface area contributed by atoms with Crippen LogP contribution in [0, 0.1) is 5.82 Å². The third kappa shape index (κ3) is 2.76. The lowest BCUT2D eigenvalue weighted by Gasteiger charge is -2.39. The number of hydrogen-bond acceptors (Lipinski definition) is 3. The number of nitrogens with one attached hydrogen (secondary N) is 1. The number of anilines is 1. The first-order valence-electron chi connectivity index (χ1n) is 9.42. The Morgan fingerprint density at radius 3 is 2.52 bits per heavy atom. The van der Waals surface area contributed by atoms with E-state index in [1.807, 2.05) is 30.3 Å². The first-order valence-corrected chi connectivity index (χ1v) is 9.42. The Kier molecular flexibility index (Phi) is 3.67. The van der Waals surface area contributed by atoms with Crippen LogP contribution in [0.4, 0.5) is 10.3 Å². The summed E-state index contributed by atoms with van der Waals surface area (Å²) in [6, 6.07) is 12.8. The molecule has 0 radical (unpaired) electrons. The molecule has 2 aliphatic heterocycles. The molecule has 1 aromatic heterocycles. The number of nitrogens with zero attached hydrogens (tertiary/aromatic N) is 2. The second kappa shape index (κ2) is 6.08. The van der Waals surface area contributed by atoms with E-state index in [0.29, 0.717) is 22.9 Å². The van der Waals surface area contributed by atoms with Gasteiger partial charge in [-0.3, -0.25) is 4.79 Å². The number of halogens is 1. The predicted octanol–water partition coefficient (Wildman–Crippen LogP) is 3.84. The van der Waals surface area contributed by atoms with Gasteiger partial charge < -0.3 is 15.6 Å². The lowest BCUT2D eigenvalue weighted by Crippen LogP contribution is -2.46. The molecule has 2 saturated heterocycles. The van der Waals surface area contributed by atoms with E-state index in [1.54, 1.807) is 0 Å². The molecule has 2 bridgehead atoms. The number of piperidine rings is 1. The molecule has 27 heavy (non-hydrogen) atoms. The van der Waals surface area contributed by atoms with Crippen molar-refractivity contribution in [1.82, 2.24) is 14.9 Å². The van der Waals surface area contributed by atoms with Gasteiger partial charge in [0.15, 0.2) is 5.95 Å². The average Bonchev–Trinajstić information content (AvgIpc) is 3.16. The van der Waals surface area contributed by atoms with Crippen molar-refractivity contribution in [3.05, 3.63) is 59.4 Å². The van der Waals surface area contributed by atoms with Crippen LogP contribution >= 0.6 is 0 Å². The minimum atomic E-state index is -0.205. The second-order valence-corrected chi connectivity index (χ2v) is 7.67. The third-order valence-electron chi connectivity index (χ3n) is 6.06. The smallest absolute Gasteiger partial charge is 0.254 e. The minimum absolute atomic E-state index is 0.0727. The molecule has 1 amide bonds. The van der Waals surface area contributed by atoms with Crippen LogP contribution in [0.1, 0.15) is 47.5 Å². The zero-order chi connectivity index (χ0) is 18.5. The molecule has 3 heterocycles. The van der Waals surface area contributed by atoms with Gasteiger partial charge in [-0.15, -0.1) is 0 Å². The number of fused-ring (bicyclic) bond motifs is 3. The first kappa shape index (κ1) is 16.3. The fourth-order valence-corrected chi connectivity index (χ4v) is 4.82. The maximum atomic E-state index is 13.2. The molecule has 3 N–H and O–H groups in total. The first-order chi connectivity index (χ1) is 13.1. The fraction of sp³-hybridized carbons (Fsp3) is 0.333. The van der Waals surface area contributed by atoms with Crippen molar-refractivity contribution in [3.63, 3.8) is 0 Å². The zero-order valence-electron chi connectivity index (χ0n) is 14.9. The van der Waals surface area contributed by atoms with Gasteiger partial charge in [0.2, 0.25) is 0 Å². The van der Waals surface area contributed by atoms with Crippen LogP contribution in [0.25, 0.3) is 11.0 Å². The standard InChI is InChI=1S/C21H21FN4O/c22-15-4-1-12(2-5-15)14-9-16-6-7-17(10-14)26(16)20(27)13-3-8-18-19(11-13)25-21(23)24-18/h1-5,8,11,14,16-17H,6-7,9-10H2,(H3,23,24,25). The number of rotatable bonds is 2. The van der Waals surface area contributed by atoms with Crippen molar-refractivity contribution in [2.45, 2.75) is 43.7 Å². The lowest BCUT2D eigenvalue weighted by molar-refractivity contribution is 0.0571. The quantitative estimate of drug-likeness (QED) is 0.726. The number of amides is 1. The maximum Gasteiger partial charge on any atom is 0.254 e. The van der Waals surface area contributed by atoms with Gasteiger partial charge in [-0.1, -0.05) is 12.1 Å². The number of H-pyrrole nitrogens is 1. The van der Waals surface area contributed by atoms with Gasteiger partial charge in [0.25, 0.3) is 5.91 Å². The Bertz CT molecular complexity index is 999. The van der Waals surface area contributed by atoms with E-state index in [4.69, 9.17) is 5.73 Å². The number of benzene rings is 2. The highest BCUT2D eigenvalue weighted by Gasteiger charge is 2.43. The number of carbonyl (C=O) groups is 1. The summed E-state index contributed by atoms with van der Waals surface area (Å²) in [4.78, 5) is 22.5. The number of nitrogen functional groups attached to an aromatic ring is 1. The summed E-state index contributed by atoms with van der Waals surface area (Å²) < 4.78 is 13.2. The van der Waals surface area contributed by atoms with E-state index in [2.05, 4.69) is 14.9 Å². The Morgan fingerprint density at radius 1 is 1.11 bits per heavy atom. The zero-order valence-corrected chi connectivity index (χ0v) is 14.9. The Morgan fingerprint density at radius 2 is 1.81 bits per heavy atom. The van der Waals surface area contributed by atoms with Gasteiger partial charge >= 0.3 is 0 Å². The number of hydrogen-bond donors (Lipinski definition) is 2. The molecule has 2 atom stereocenters. The van der Waals surface area contributed by atoms with Crippen LogP contribution in [-0.2, 0) is 0 Å². The van der Waals surface area contributed by atoms with E-state index in [1.165, 1.54) is 17.7 Å². The number of aromatic nitrogens is 2. The fourth-order valence-electron chi connectivity index (χ4n) is 4.82. The molecular weight excluding hydrogens is 343 g/mol. The third-order valence-corrected chi connectivity index (χ3v) is 6.06. The summed E-state index contributed by atoms with van der Waals surface area (Å²) in [7, 11) is 0. The van der Waals surface area contributed by atoms with E-state index >= 15 is 0 Å². The number of aromatic amines is 1. The molecule has 0 aliphatic carbocycles. The highest BCUT2D eigenvalue weighted by atomic mass is 19.1. The summed E-state index contributed by atoms with van der Waals surface area (Å²) in [6.45, 7) is 0. The van der Waals surface area contributed by atoms with Crippen molar-refractivity contribution >= 4 is 22.9 Å². The highest BCUT2D eigenvalue weighted by Crippen LogP contribution is 2.43. The number of nitrogens with two attached hydrogens (primary N) is 1. The van der Waals surface area contributed by atoms with Gasteiger partial charge in [-0.05, 0) is 67.5 Å². The van der Waals surface area contributed by atoms with Crippen LogP contribution in [0.15, 0.2) is 42.5 Å². The summed E-state index contributed by atoms with van der Waals surface area (Å²) >= 11 is 0. The highest BCUT2D eigenvalue weighted by molar-refractivity contribution is 5.98. The number of imidazole rings is 1. The molecule has 138 valence electrons. The van der Waals surface area contributed by atoms with Crippen LogP contribution in [0.3, 0.4) is 0 Å². The van der Waals surface area contributed by atoms with Crippen LogP contribution < -0.4 is 5.73 Å². The van der Waals surface area contributed by atoms with Gasteiger partial charge in [-0.25, -0.2) is 9.37 Å². The van der Waals surface area contributed by atoms with E-state index in [9.17, 15) is 9.18 Å². The van der Waals surface area contributed by atoms with Crippen LogP contribution in [0.5, 0.6) is 0 Å². The molecule has 3 aromatic rings. The molecule has 0 saturated carbocycles. The van der Waals surface area contributed by atoms with Crippen molar-refractivity contribution in [3.8, 4) is 0 Å². The van der Waals surface area contributed by atoms with E-state index in [-0.39, 0.29) is 23.8 Å². The van der Waals surface area contributed by atoms with E-state index in [0.717, 1.165) is 31.2 Å². The van der Waals surface area contributed by atoms with Gasteiger partial charge in [-0.2, -0.15) is 0 Å². The maximum absolute atomic E-state index is 13.2. The van der Waals surface area contributed by atoms with Crippen molar-refractivity contribution < 1.29 is 9.18 Å². The molecule has 2 fully saturated rings. The minimum Gasteiger partial charge on any atom is -0.369 e. The monoisotopic (exact) mass is 364 g/mol. The topological polar surface area (TPSA) is 75.0 Å². The lowest BCUT2D eigenvalue weighted by atomic mass is 9.85. The second-order valence-electron chi connectivity index (χ2n) is 7.67. The predicted molar refractivity (Wildman–Crippen MR) is 102 cm³/mol. The Labute approximate surface area is 156 Å². The molecule has 6 heteroatoms. The van der Waals surface area contributed by atoms with Crippen molar-refractivity contribution in [2.24, 2.45) is 0 Å². The summed E-state index contributed by atoms with van der Waals surface area (Å²) in [5.41, 5.74) is 9.09. The summed E-state index contributed by atoms with van der Waals surface area (Å²) in [5.74, 6) is 0.614. The normalized spacial score (nSPS) is 24.5.